The van der Waals surface area contributed by atoms with E-state index in [2.05, 4.69) is 26.6 Å². The van der Waals surface area contributed by atoms with Crippen LogP contribution in [0.5, 0.6) is 0 Å². The fourth-order valence-corrected chi connectivity index (χ4v) is 2.27. The van der Waals surface area contributed by atoms with E-state index >= 15 is 0 Å². The molecule has 2 amide bonds. The lowest BCUT2D eigenvalue weighted by Crippen LogP contribution is -2.42. The van der Waals surface area contributed by atoms with Gasteiger partial charge in [0.25, 0.3) is 11.8 Å². The molecule has 1 unspecified atom stereocenters. The molecule has 0 saturated carbocycles. The molecule has 0 aliphatic heterocycles. The molecule has 3 N–H and O–H groups in total. The first-order valence-electron chi connectivity index (χ1n) is 7.22. The molecule has 0 bridgehead atoms. The van der Waals surface area contributed by atoms with Crippen LogP contribution in [0.1, 0.15) is 23.0 Å². The van der Waals surface area contributed by atoms with E-state index in [1.54, 1.807) is 24.3 Å². The second-order valence-electron chi connectivity index (χ2n) is 5.08. The number of carboxylic acids is 1. The van der Waals surface area contributed by atoms with Gasteiger partial charge in [0.15, 0.2) is 5.76 Å². The molecule has 0 aliphatic rings. The number of aliphatic carboxylic acids is 1. The van der Waals surface area contributed by atoms with Crippen molar-refractivity contribution < 1.29 is 23.9 Å². The lowest BCUT2D eigenvalue weighted by Gasteiger charge is -2.13. The van der Waals surface area contributed by atoms with Crippen molar-refractivity contribution in [3.8, 4) is 0 Å². The van der Waals surface area contributed by atoms with Crippen molar-refractivity contribution in [3.05, 3.63) is 64.2 Å². The number of hydrogen-bond acceptors (Lipinski definition) is 4. The van der Waals surface area contributed by atoms with E-state index in [9.17, 15) is 14.4 Å². The zero-order chi connectivity index (χ0) is 18.4. The Morgan fingerprint density at radius 1 is 1.24 bits per heavy atom. The summed E-state index contributed by atoms with van der Waals surface area (Å²) in [5, 5.41) is 13.7. The minimum absolute atomic E-state index is 0.0271. The highest BCUT2D eigenvalue weighted by atomic mass is 79.9. The highest BCUT2D eigenvalue weighted by molar-refractivity contribution is 9.10. The van der Waals surface area contributed by atoms with Crippen molar-refractivity contribution in [2.24, 2.45) is 0 Å². The van der Waals surface area contributed by atoms with Crippen molar-refractivity contribution in [1.82, 2.24) is 10.6 Å². The van der Waals surface area contributed by atoms with Gasteiger partial charge >= 0.3 is 5.97 Å². The quantitative estimate of drug-likeness (QED) is 0.638. The number of rotatable bonds is 6. The minimum Gasteiger partial charge on any atom is -0.480 e. The number of halogens is 1. The molecule has 0 aliphatic carbocycles. The van der Waals surface area contributed by atoms with Gasteiger partial charge < -0.3 is 20.2 Å². The molecule has 0 fully saturated rings. The molecule has 130 valence electrons. The van der Waals surface area contributed by atoms with Gasteiger partial charge in [0.2, 0.25) is 0 Å². The Morgan fingerprint density at radius 3 is 2.60 bits per heavy atom. The van der Waals surface area contributed by atoms with Crippen LogP contribution in [0.15, 0.2) is 57.2 Å². The third kappa shape index (κ3) is 5.32. The SMILES string of the molecule is CC(NC(=O)/C(=C/c1cccc(Br)c1)NC(=O)c1ccco1)C(=O)O. The van der Waals surface area contributed by atoms with Crippen molar-refractivity contribution in [1.29, 1.82) is 0 Å². The predicted octanol–water partition coefficient (Wildman–Crippen LogP) is 2.40. The fraction of sp³-hybridized carbons (Fsp3) is 0.118. The number of amides is 2. The zero-order valence-electron chi connectivity index (χ0n) is 13.2. The van der Waals surface area contributed by atoms with Crippen LogP contribution >= 0.6 is 15.9 Å². The molecule has 7 nitrogen and oxygen atoms in total. The Labute approximate surface area is 151 Å². The lowest BCUT2D eigenvalue weighted by molar-refractivity contribution is -0.140. The normalized spacial score (nSPS) is 12.3. The van der Waals surface area contributed by atoms with Crippen LogP contribution < -0.4 is 10.6 Å². The summed E-state index contributed by atoms with van der Waals surface area (Å²) < 4.78 is 5.78. The third-order valence-corrected chi connectivity index (χ3v) is 3.61. The summed E-state index contributed by atoms with van der Waals surface area (Å²) in [6.07, 6.45) is 2.77. The van der Waals surface area contributed by atoms with Gasteiger partial charge in [-0.05, 0) is 42.8 Å². The van der Waals surface area contributed by atoms with Crippen LogP contribution in [0.2, 0.25) is 0 Å². The Balaban J connectivity index is 2.28. The molecule has 1 heterocycles. The molecular formula is C17H15BrN2O5. The highest BCUT2D eigenvalue weighted by Crippen LogP contribution is 2.14. The number of hydrogen-bond donors (Lipinski definition) is 3. The molecule has 1 aromatic heterocycles. The highest BCUT2D eigenvalue weighted by Gasteiger charge is 2.20. The molecule has 2 aromatic rings. The number of carboxylic acid groups (broad SMARTS) is 1. The first kappa shape index (κ1) is 18.5. The van der Waals surface area contributed by atoms with Crippen molar-refractivity contribution in [2.75, 3.05) is 0 Å². The molecule has 2 rings (SSSR count). The predicted molar refractivity (Wildman–Crippen MR) is 93.5 cm³/mol. The van der Waals surface area contributed by atoms with E-state index in [0.717, 1.165) is 4.47 Å². The summed E-state index contributed by atoms with van der Waals surface area (Å²) in [5.41, 5.74) is 0.537. The molecule has 25 heavy (non-hydrogen) atoms. The van der Waals surface area contributed by atoms with Gasteiger partial charge in [0, 0.05) is 4.47 Å². The molecule has 0 spiro atoms. The van der Waals surface area contributed by atoms with Gasteiger partial charge in [-0.25, -0.2) is 0 Å². The van der Waals surface area contributed by atoms with Crippen LogP contribution in [-0.4, -0.2) is 28.9 Å². The third-order valence-electron chi connectivity index (χ3n) is 3.12. The number of furan rings is 1. The average molecular weight is 407 g/mol. The van der Waals surface area contributed by atoms with Gasteiger partial charge in [-0.3, -0.25) is 14.4 Å². The maximum atomic E-state index is 12.4. The Hall–Kier alpha value is -2.87. The van der Waals surface area contributed by atoms with Gasteiger partial charge in [-0.1, -0.05) is 28.1 Å². The first-order chi connectivity index (χ1) is 11.9. The maximum absolute atomic E-state index is 12.4. The summed E-state index contributed by atoms with van der Waals surface area (Å²) >= 11 is 3.32. The van der Waals surface area contributed by atoms with Gasteiger partial charge in [0.05, 0.1) is 6.26 Å². The fourth-order valence-electron chi connectivity index (χ4n) is 1.85. The standard InChI is InChI=1S/C17H15BrN2O5/c1-10(17(23)24)19-15(21)13(9-11-4-2-5-12(18)8-11)20-16(22)14-6-3-7-25-14/h2-10H,1H3,(H,19,21)(H,20,22)(H,23,24)/b13-9-. The second-order valence-corrected chi connectivity index (χ2v) is 5.99. The average Bonchev–Trinajstić information content (AvgIpc) is 3.08. The second kappa shape index (κ2) is 8.29. The zero-order valence-corrected chi connectivity index (χ0v) is 14.7. The molecule has 1 atom stereocenters. The number of carbonyl (C=O) groups excluding carboxylic acids is 2. The van der Waals surface area contributed by atoms with E-state index in [-0.39, 0.29) is 11.5 Å². The summed E-state index contributed by atoms with van der Waals surface area (Å²) in [4.78, 5) is 35.4. The molecule has 0 radical (unpaired) electrons. The van der Waals surface area contributed by atoms with Crippen molar-refractivity contribution >= 4 is 39.8 Å². The Kier molecular flexibility index (Phi) is 6.13. The summed E-state index contributed by atoms with van der Waals surface area (Å²) in [6, 6.07) is 8.93. The lowest BCUT2D eigenvalue weighted by atomic mass is 10.1. The van der Waals surface area contributed by atoms with Gasteiger partial charge in [0.1, 0.15) is 11.7 Å². The van der Waals surface area contributed by atoms with E-state index in [0.29, 0.717) is 5.56 Å². The number of nitrogens with one attached hydrogen (secondary N) is 2. The minimum atomic E-state index is -1.19. The van der Waals surface area contributed by atoms with Gasteiger partial charge in [-0.2, -0.15) is 0 Å². The molecule has 8 heteroatoms. The van der Waals surface area contributed by atoms with Crippen molar-refractivity contribution in [3.63, 3.8) is 0 Å². The number of carbonyl (C=O) groups is 3. The number of benzene rings is 1. The molecular weight excluding hydrogens is 392 g/mol. The summed E-state index contributed by atoms with van der Waals surface area (Å²) in [7, 11) is 0. The summed E-state index contributed by atoms with van der Waals surface area (Å²) in [5.74, 6) is -2.51. The smallest absolute Gasteiger partial charge is 0.325 e. The van der Waals surface area contributed by atoms with Crippen molar-refractivity contribution in [2.45, 2.75) is 13.0 Å². The van der Waals surface area contributed by atoms with Crippen LogP contribution in [0.25, 0.3) is 6.08 Å². The van der Waals surface area contributed by atoms with Gasteiger partial charge in [-0.15, -0.1) is 0 Å². The van der Waals surface area contributed by atoms with Crippen LogP contribution in [0.3, 0.4) is 0 Å². The van der Waals surface area contributed by atoms with E-state index in [1.807, 2.05) is 6.07 Å². The van der Waals surface area contributed by atoms with Crippen LogP contribution in [-0.2, 0) is 9.59 Å². The van der Waals surface area contributed by atoms with Crippen LogP contribution in [0, 0.1) is 0 Å². The maximum Gasteiger partial charge on any atom is 0.325 e. The molecule has 1 aromatic carbocycles. The Bertz CT molecular complexity index is 814. The largest absolute Gasteiger partial charge is 0.480 e. The summed E-state index contributed by atoms with van der Waals surface area (Å²) in [6.45, 7) is 1.32. The van der Waals surface area contributed by atoms with E-state index in [4.69, 9.17) is 9.52 Å². The molecule has 0 saturated heterocycles. The first-order valence-corrected chi connectivity index (χ1v) is 8.02. The van der Waals surface area contributed by atoms with E-state index in [1.165, 1.54) is 25.3 Å². The van der Waals surface area contributed by atoms with E-state index < -0.39 is 23.8 Å². The Morgan fingerprint density at radius 2 is 2.00 bits per heavy atom. The topological polar surface area (TPSA) is 109 Å². The monoisotopic (exact) mass is 406 g/mol. The van der Waals surface area contributed by atoms with Crippen LogP contribution in [0.4, 0.5) is 0 Å².